The smallest absolute Gasteiger partial charge is 0.334 e. The molecule has 1 amide bonds. The molecule has 2 unspecified atom stereocenters. The maximum atomic E-state index is 13.4. The third-order valence-electron chi connectivity index (χ3n) is 6.61. The second kappa shape index (κ2) is 11.0. The number of esters is 1. The van der Waals surface area contributed by atoms with Crippen molar-refractivity contribution in [1.82, 2.24) is 0 Å². The number of nitrogens with two attached hydrogens (primary N) is 2. The number of hydrogen-bond donors (Lipinski definition) is 3. The summed E-state index contributed by atoms with van der Waals surface area (Å²) >= 11 is 0. The molecule has 0 aliphatic rings. The molecule has 0 heterocycles. The van der Waals surface area contributed by atoms with Crippen LogP contribution >= 0.6 is 0 Å². The Labute approximate surface area is 217 Å². The summed E-state index contributed by atoms with van der Waals surface area (Å²) in [7, 11) is 0. The monoisotopic (exact) mass is 502 g/mol. The number of carbonyl (C=O) groups is 3. The molecule has 37 heavy (non-hydrogen) atoms. The number of ether oxygens (including phenoxy) is 1. The van der Waals surface area contributed by atoms with Gasteiger partial charge in [-0.05, 0) is 50.3 Å². The lowest BCUT2D eigenvalue weighted by atomic mass is 9.65. The van der Waals surface area contributed by atoms with Crippen LogP contribution in [-0.2, 0) is 24.5 Å². The van der Waals surface area contributed by atoms with Gasteiger partial charge in [0.25, 0.3) is 0 Å². The second-order valence-corrected chi connectivity index (χ2v) is 10.2. The number of aliphatic carboxylic acids is 1. The minimum absolute atomic E-state index is 0.0840. The predicted octanol–water partition coefficient (Wildman–Crippen LogP) is 4.03. The molecule has 0 bridgehead atoms. The van der Waals surface area contributed by atoms with Crippen molar-refractivity contribution in [3.63, 3.8) is 0 Å². The molecule has 3 aromatic carbocycles. The number of benzene rings is 3. The maximum Gasteiger partial charge on any atom is 0.334 e. The molecule has 0 aromatic heterocycles. The Kier molecular flexibility index (Phi) is 8.18. The summed E-state index contributed by atoms with van der Waals surface area (Å²) in [6.45, 7) is 4.98. The van der Waals surface area contributed by atoms with E-state index in [0.717, 1.165) is 16.7 Å². The first-order valence-corrected chi connectivity index (χ1v) is 12.1. The van der Waals surface area contributed by atoms with Gasteiger partial charge in [-0.25, -0.2) is 4.79 Å². The van der Waals surface area contributed by atoms with Gasteiger partial charge in [0.05, 0.1) is 5.92 Å². The van der Waals surface area contributed by atoms with Crippen LogP contribution in [0.2, 0.25) is 0 Å². The van der Waals surface area contributed by atoms with Crippen LogP contribution in [0.1, 0.15) is 50.3 Å². The van der Waals surface area contributed by atoms with Gasteiger partial charge in [0, 0.05) is 5.41 Å². The number of amides is 1. The van der Waals surface area contributed by atoms with Crippen LogP contribution in [0.15, 0.2) is 91.0 Å². The van der Waals surface area contributed by atoms with Crippen LogP contribution in [0.25, 0.3) is 0 Å². The number of carbonyl (C=O) groups excluding carboxylic acids is 2. The molecule has 0 saturated heterocycles. The Morgan fingerprint density at radius 3 is 1.46 bits per heavy atom. The Balaban J connectivity index is 2.22. The molecule has 0 aliphatic carbocycles. The van der Waals surface area contributed by atoms with Crippen LogP contribution < -0.4 is 11.5 Å². The normalized spacial score (nSPS) is 14.3. The molecule has 0 saturated carbocycles. The lowest BCUT2D eigenvalue weighted by Gasteiger charge is -2.39. The van der Waals surface area contributed by atoms with E-state index in [9.17, 15) is 19.5 Å². The van der Waals surface area contributed by atoms with Gasteiger partial charge in [-0.1, -0.05) is 91.0 Å². The SMILES string of the molecule is CC(C)(C)OC(=O)C(CCC(c1ccccc1)(c1ccccc1)c1ccccc1)C(N)(C(N)=O)C(=O)O. The van der Waals surface area contributed by atoms with Crippen molar-refractivity contribution in [3.8, 4) is 0 Å². The van der Waals surface area contributed by atoms with Crippen molar-refractivity contribution in [2.45, 2.75) is 50.2 Å². The molecule has 194 valence electrons. The standard InChI is InChI=1S/C30H34N2O5/c1-28(2,3)37-25(33)24(30(32,26(31)34)27(35)36)19-20-29(21-13-7-4-8-14-21,22-15-9-5-10-16-22)23-17-11-6-12-18-23/h4-18,24H,19-20,32H2,1-3H3,(H2,31,34)(H,35,36). The lowest BCUT2D eigenvalue weighted by molar-refractivity contribution is -0.170. The van der Waals surface area contributed by atoms with Gasteiger partial charge in [0.15, 0.2) is 0 Å². The summed E-state index contributed by atoms with van der Waals surface area (Å²) in [6, 6.07) is 29.2. The molecule has 0 spiro atoms. The quantitative estimate of drug-likeness (QED) is 0.218. The van der Waals surface area contributed by atoms with E-state index in [0.29, 0.717) is 0 Å². The highest BCUT2D eigenvalue weighted by molar-refractivity contribution is 6.09. The van der Waals surface area contributed by atoms with Crippen LogP contribution in [-0.4, -0.2) is 34.1 Å². The minimum atomic E-state index is -2.65. The van der Waals surface area contributed by atoms with E-state index in [1.165, 1.54) is 0 Å². The third-order valence-corrected chi connectivity index (χ3v) is 6.61. The van der Waals surface area contributed by atoms with E-state index in [1.54, 1.807) is 20.8 Å². The van der Waals surface area contributed by atoms with E-state index in [-0.39, 0.29) is 12.8 Å². The van der Waals surface area contributed by atoms with E-state index < -0.39 is 40.3 Å². The molecule has 7 heteroatoms. The van der Waals surface area contributed by atoms with E-state index in [1.807, 2.05) is 91.0 Å². The van der Waals surface area contributed by atoms with Gasteiger partial charge >= 0.3 is 11.9 Å². The summed E-state index contributed by atoms with van der Waals surface area (Å²) < 4.78 is 5.54. The summed E-state index contributed by atoms with van der Waals surface area (Å²) in [6.07, 6.45) is 0.161. The van der Waals surface area contributed by atoms with E-state index in [2.05, 4.69) is 0 Å². The number of carboxylic acid groups (broad SMARTS) is 1. The Bertz CT molecular complexity index is 1110. The molecular formula is C30H34N2O5. The molecule has 3 aromatic rings. The Morgan fingerprint density at radius 2 is 1.16 bits per heavy atom. The van der Waals surface area contributed by atoms with Crippen LogP contribution in [0, 0.1) is 5.92 Å². The fourth-order valence-corrected chi connectivity index (χ4v) is 4.79. The van der Waals surface area contributed by atoms with Gasteiger partial charge in [-0.2, -0.15) is 0 Å². The largest absolute Gasteiger partial charge is 0.479 e. The molecule has 2 atom stereocenters. The molecule has 0 aliphatic heterocycles. The van der Waals surface area contributed by atoms with Crippen LogP contribution in [0.4, 0.5) is 0 Å². The van der Waals surface area contributed by atoms with E-state index >= 15 is 0 Å². The van der Waals surface area contributed by atoms with Crippen LogP contribution in [0.3, 0.4) is 0 Å². The highest BCUT2D eigenvalue weighted by Crippen LogP contribution is 2.44. The third kappa shape index (κ3) is 5.73. The highest BCUT2D eigenvalue weighted by Gasteiger charge is 2.53. The van der Waals surface area contributed by atoms with Crippen molar-refractivity contribution >= 4 is 17.8 Å². The predicted molar refractivity (Wildman–Crippen MR) is 142 cm³/mol. The highest BCUT2D eigenvalue weighted by atomic mass is 16.6. The summed E-state index contributed by atoms with van der Waals surface area (Å²) in [5, 5.41) is 9.97. The summed E-state index contributed by atoms with van der Waals surface area (Å²) in [5.41, 5.74) is 10.1. The first-order valence-electron chi connectivity index (χ1n) is 12.1. The molecule has 7 nitrogen and oxygen atoms in total. The summed E-state index contributed by atoms with van der Waals surface area (Å²) in [5.74, 6) is -5.40. The van der Waals surface area contributed by atoms with E-state index in [4.69, 9.17) is 16.2 Å². The zero-order chi connectivity index (χ0) is 27.3. The Morgan fingerprint density at radius 1 is 0.784 bits per heavy atom. The van der Waals surface area contributed by atoms with Gasteiger partial charge in [0.2, 0.25) is 11.4 Å². The van der Waals surface area contributed by atoms with Gasteiger partial charge in [-0.3, -0.25) is 9.59 Å². The van der Waals surface area contributed by atoms with Crippen LogP contribution in [0.5, 0.6) is 0 Å². The van der Waals surface area contributed by atoms with Crippen molar-refractivity contribution in [3.05, 3.63) is 108 Å². The van der Waals surface area contributed by atoms with Crippen molar-refractivity contribution in [2.75, 3.05) is 0 Å². The molecular weight excluding hydrogens is 468 g/mol. The molecule has 5 N–H and O–H groups in total. The topological polar surface area (TPSA) is 133 Å². The molecule has 0 radical (unpaired) electrons. The fourth-order valence-electron chi connectivity index (χ4n) is 4.79. The van der Waals surface area contributed by atoms with Gasteiger partial charge in [0.1, 0.15) is 5.60 Å². The number of hydrogen-bond acceptors (Lipinski definition) is 5. The number of carboxylic acids is 1. The average Bonchev–Trinajstić information content (AvgIpc) is 2.86. The van der Waals surface area contributed by atoms with Crippen molar-refractivity contribution < 1.29 is 24.2 Å². The first-order chi connectivity index (χ1) is 17.4. The van der Waals surface area contributed by atoms with Gasteiger partial charge in [-0.15, -0.1) is 0 Å². The number of primary amides is 1. The fraction of sp³-hybridized carbons (Fsp3) is 0.300. The molecule has 0 fully saturated rings. The average molecular weight is 503 g/mol. The Hall–Kier alpha value is -3.97. The van der Waals surface area contributed by atoms with Crippen molar-refractivity contribution in [2.24, 2.45) is 17.4 Å². The first kappa shape index (κ1) is 27.6. The number of rotatable bonds is 10. The zero-order valence-corrected chi connectivity index (χ0v) is 21.4. The maximum absolute atomic E-state index is 13.4. The zero-order valence-electron chi connectivity index (χ0n) is 21.4. The van der Waals surface area contributed by atoms with Crippen molar-refractivity contribution in [1.29, 1.82) is 0 Å². The summed E-state index contributed by atoms with van der Waals surface area (Å²) in [4.78, 5) is 38.1. The second-order valence-electron chi connectivity index (χ2n) is 10.2. The van der Waals surface area contributed by atoms with Gasteiger partial charge < -0.3 is 21.3 Å². The minimum Gasteiger partial charge on any atom is -0.479 e. The lowest BCUT2D eigenvalue weighted by Crippen LogP contribution is -2.65. The molecule has 3 rings (SSSR count).